The Labute approximate surface area is 187 Å². The number of aromatic nitrogens is 2. The molecule has 1 saturated heterocycles. The van der Waals surface area contributed by atoms with Crippen molar-refractivity contribution in [3.05, 3.63) is 46.5 Å². The number of H-pyrrole nitrogens is 1. The molecular formula is C22H22ClF3N4O2. The number of hydrogen-bond donors (Lipinski definition) is 2. The van der Waals surface area contributed by atoms with E-state index in [0.717, 1.165) is 44.5 Å². The number of nitrogens with zero attached hydrogens (tertiary/aromatic N) is 2. The van der Waals surface area contributed by atoms with Crippen molar-refractivity contribution in [3.8, 4) is 17.1 Å². The Morgan fingerprint density at radius 1 is 1.22 bits per heavy atom. The number of ether oxygens (including phenoxy) is 1. The van der Waals surface area contributed by atoms with Gasteiger partial charge < -0.3 is 9.72 Å². The van der Waals surface area contributed by atoms with Crippen LogP contribution in [0.25, 0.3) is 22.4 Å². The minimum atomic E-state index is -4.52. The summed E-state index contributed by atoms with van der Waals surface area (Å²) in [5.41, 5.74) is 3.36. The van der Waals surface area contributed by atoms with E-state index in [2.05, 4.69) is 15.4 Å². The molecule has 0 atom stereocenters. The van der Waals surface area contributed by atoms with Crippen LogP contribution in [0.5, 0.6) is 5.75 Å². The van der Waals surface area contributed by atoms with Gasteiger partial charge in [-0.25, -0.2) is 9.99 Å². The lowest BCUT2D eigenvalue weighted by Crippen LogP contribution is -2.45. The van der Waals surface area contributed by atoms with Gasteiger partial charge in [-0.15, -0.1) is 0 Å². The molecule has 0 unspecified atom stereocenters. The number of alkyl halides is 3. The van der Waals surface area contributed by atoms with E-state index in [4.69, 9.17) is 16.3 Å². The van der Waals surface area contributed by atoms with Gasteiger partial charge in [0.2, 0.25) is 0 Å². The number of carbonyl (C=O) groups is 1. The molecule has 2 N–H and O–H groups in total. The van der Waals surface area contributed by atoms with Crippen molar-refractivity contribution < 1.29 is 22.7 Å². The van der Waals surface area contributed by atoms with E-state index in [-0.39, 0.29) is 22.0 Å². The van der Waals surface area contributed by atoms with Crippen molar-refractivity contribution in [2.75, 3.05) is 19.7 Å². The van der Waals surface area contributed by atoms with Crippen LogP contribution in [0.1, 0.15) is 42.1 Å². The summed E-state index contributed by atoms with van der Waals surface area (Å²) in [7, 11) is 0. The fourth-order valence-corrected chi connectivity index (χ4v) is 3.98. The number of fused-ring (bicyclic) bond motifs is 1. The van der Waals surface area contributed by atoms with Crippen molar-refractivity contribution in [2.24, 2.45) is 0 Å². The average molecular weight is 467 g/mol. The van der Waals surface area contributed by atoms with E-state index in [9.17, 15) is 18.0 Å². The maximum Gasteiger partial charge on any atom is 0.416 e. The van der Waals surface area contributed by atoms with Gasteiger partial charge in [-0.3, -0.25) is 10.2 Å². The van der Waals surface area contributed by atoms with E-state index < -0.39 is 11.7 Å². The number of halogens is 4. The molecule has 1 fully saturated rings. The molecule has 1 aromatic heterocycles. The third-order valence-corrected chi connectivity index (χ3v) is 5.57. The van der Waals surface area contributed by atoms with Gasteiger partial charge in [0.1, 0.15) is 17.1 Å². The molecule has 0 spiro atoms. The Balaban J connectivity index is 1.67. The third-order valence-electron chi connectivity index (χ3n) is 5.28. The number of benzene rings is 2. The van der Waals surface area contributed by atoms with Crippen LogP contribution in [-0.2, 0) is 6.18 Å². The van der Waals surface area contributed by atoms with Crippen LogP contribution in [0.4, 0.5) is 13.2 Å². The molecule has 32 heavy (non-hydrogen) atoms. The molecule has 3 aromatic rings. The smallest absolute Gasteiger partial charge is 0.416 e. The molecule has 0 saturated carbocycles. The largest absolute Gasteiger partial charge is 0.493 e. The second kappa shape index (κ2) is 8.99. The number of hydrogen-bond acceptors (Lipinski definition) is 4. The monoisotopic (exact) mass is 466 g/mol. The number of piperidine rings is 1. The molecule has 1 aliphatic heterocycles. The minimum Gasteiger partial charge on any atom is -0.493 e. The zero-order valence-corrected chi connectivity index (χ0v) is 18.1. The van der Waals surface area contributed by atoms with Gasteiger partial charge in [0.05, 0.1) is 28.3 Å². The van der Waals surface area contributed by atoms with E-state index >= 15 is 0 Å². The standard InChI is InChI=1S/C22H22ClF3N4O2/c1-2-32-18-10-13(21(31)29-30-8-4-3-5-9-30)6-7-15(18)20-27-17-12-14(22(24,25)26)11-16(23)19(17)28-20/h6-7,10-12H,2-5,8-9H2,1H3,(H,27,28)(H,29,31). The van der Waals surface area contributed by atoms with Gasteiger partial charge in [0, 0.05) is 18.7 Å². The number of amides is 1. The summed E-state index contributed by atoms with van der Waals surface area (Å²) >= 11 is 6.06. The fourth-order valence-electron chi connectivity index (χ4n) is 3.71. The number of imidazole rings is 1. The Hall–Kier alpha value is -2.78. The maximum atomic E-state index is 13.1. The van der Waals surface area contributed by atoms with Gasteiger partial charge in [0.15, 0.2) is 0 Å². The molecule has 1 aliphatic rings. The van der Waals surface area contributed by atoms with Crippen molar-refractivity contribution in [3.63, 3.8) is 0 Å². The summed E-state index contributed by atoms with van der Waals surface area (Å²) in [6.07, 6.45) is -1.30. The van der Waals surface area contributed by atoms with Crippen LogP contribution in [0.3, 0.4) is 0 Å². The molecule has 2 heterocycles. The van der Waals surface area contributed by atoms with Crippen molar-refractivity contribution >= 4 is 28.5 Å². The predicted octanol–water partition coefficient (Wildman–Crippen LogP) is 5.43. The van der Waals surface area contributed by atoms with Gasteiger partial charge in [0.25, 0.3) is 5.91 Å². The first-order chi connectivity index (χ1) is 15.3. The minimum absolute atomic E-state index is 0.104. The molecule has 0 bridgehead atoms. The highest BCUT2D eigenvalue weighted by molar-refractivity contribution is 6.35. The molecule has 0 aliphatic carbocycles. The van der Waals surface area contributed by atoms with E-state index in [1.54, 1.807) is 25.1 Å². The summed E-state index contributed by atoms with van der Waals surface area (Å²) < 4.78 is 45.1. The molecule has 10 heteroatoms. The lowest BCUT2D eigenvalue weighted by Gasteiger charge is -2.26. The SMILES string of the molecule is CCOc1cc(C(=O)NN2CCCCC2)ccc1-c1nc2c(Cl)cc(C(F)(F)F)cc2[nH]1. The summed E-state index contributed by atoms with van der Waals surface area (Å²) in [5, 5.41) is 1.80. The van der Waals surface area contributed by atoms with Crippen LogP contribution in [0.2, 0.25) is 5.02 Å². The van der Waals surface area contributed by atoms with Gasteiger partial charge in [-0.2, -0.15) is 13.2 Å². The molecule has 170 valence electrons. The third kappa shape index (κ3) is 4.68. The zero-order valence-electron chi connectivity index (χ0n) is 17.4. The number of rotatable bonds is 5. The van der Waals surface area contributed by atoms with Crippen molar-refractivity contribution in [2.45, 2.75) is 32.4 Å². The van der Waals surface area contributed by atoms with Crippen molar-refractivity contribution in [1.29, 1.82) is 0 Å². The second-order valence-electron chi connectivity index (χ2n) is 7.57. The molecule has 0 radical (unpaired) electrons. The fraction of sp³-hybridized carbons (Fsp3) is 0.364. The van der Waals surface area contributed by atoms with Crippen LogP contribution >= 0.6 is 11.6 Å². The van der Waals surface area contributed by atoms with Crippen LogP contribution in [0.15, 0.2) is 30.3 Å². The normalized spacial score (nSPS) is 15.2. The summed E-state index contributed by atoms with van der Waals surface area (Å²) in [6.45, 7) is 3.75. The maximum absolute atomic E-state index is 13.1. The Morgan fingerprint density at radius 3 is 2.66 bits per heavy atom. The highest BCUT2D eigenvalue weighted by atomic mass is 35.5. The first-order valence-electron chi connectivity index (χ1n) is 10.4. The lowest BCUT2D eigenvalue weighted by atomic mass is 10.1. The van der Waals surface area contributed by atoms with E-state index in [0.29, 0.717) is 29.3 Å². The Morgan fingerprint density at radius 2 is 1.97 bits per heavy atom. The lowest BCUT2D eigenvalue weighted by molar-refractivity contribution is -0.137. The molecular weight excluding hydrogens is 445 g/mol. The van der Waals surface area contributed by atoms with Crippen LogP contribution in [0, 0.1) is 0 Å². The van der Waals surface area contributed by atoms with E-state index in [1.165, 1.54) is 0 Å². The average Bonchev–Trinajstić information content (AvgIpc) is 3.19. The molecule has 4 rings (SSSR count). The summed E-state index contributed by atoms with van der Waals surface area (Å²) in [6, 6.07) is 6.72. The summed E-state index contributed by atoms with van der Waals surface area (Å²) in [4.78, 5) is 19.9. The molecule has 6 nitrogen and oxygen atoms in total. The quantitative estimate of drug-likeness (QED) is 0.526. The molecule has 1 amide bonds. The highest BCUT2D eigenvalue weighted by Gasteiger charge is 2.32. The summed E-state index contributed by atoms with van der Waals surface area (Å²) in [5.74, 6) is 0.444. The highest BCUT2D eigenvalue weighted by Crippen LogP contribution is 2.37. The first kappa shape index (κ1) is 22.4. The van der Waals surface area contributed by atoms with Crippen LogP contribution < -0.4 is 10.2 Å². The van der Waals surface area contributed by atoms with Gasteiger partial charge in [-0.1, -0.05) is 18.0 Å². The predicted molar refractivity (Wildman–Crippen MR) is 116 cm³/mol. The van der Waals surface area contributed by atoms with Crippen LogP contribution in [-0.4, -0.2) is 40.6 Å². The zero-order chi connectivity index (χ0) is 22.9. The topological polar surface area (TPSA) is 70.2 Å². The van der Waals surface area contributed by atoms with E-state index in [1.807, 2.05) is 5.01 Å². The number of hydrazine groups is 1. The van der Waals surface area contributed by atoms with Crippen molar-refractivity contribution in [1.82, 2.24) is 20.4 Å². The second-order valence-corrected chi connectivity index (χ2v) is 7.98. The number of carbonyl (C=O) groups excluding carboxylic acids is 1. The Kier molecular flexibility index (Phi) is 6.30. The van der Waals surface area contributed by atoms with Gasteiger partial charge >= 0.3 is 6.18 Å². The number of nitrogens with one attached hydrogen (secondary N) is 2. The first-order valence-corrected chi connectivity index (χ1v) is 10.7. The Bertz CT molecular complexity index is 1140. The number of aromatic amines is 1. The van der Waals surface area contributed by atoms with Gasteiger partial charge in [-0.05, 0) is 50.1 Å². The molecule has 2 aromatic carbocycles.